The molecular formula is C27H40N2O. The van der Waals surface area contributed by atoms with Gasteiger partial charge in [0.15, 0.2) is 0 Å². The molecule has 0 aliphatic carbocycles. The summed E-state index contributed by atoms with van der Waals surface area (Å²) < 4.78 is 0. The molecule has 0 unspecified atom stereocenters. The van der Waals surface area contributed by atoms with Crippen molar-refractivity contribution in [2.45, 2.75) is 85.0 Å². The first-order valence-electron chi connectivity index (χ1n) is 11.8. The summed E-state index contributed by atoms with van der Waals surface area (Å²) in [6.45, 7) is 7.21. The summed E-state index contributed by atoms with van der Waals surface area (Å²) in [6.07, 6.45) is 13.0. The van der Waals surface area contributed by atoms with Gasteiger partial charge in [-0.3, -0.25) is 4.79 Å². The van der Waals surface area contributed by atoms with Crippen molar-refractivity contribution in [2.75, 3.05) is 11.9 Å². The van der Waals surface area contributed by atoms with Crippen molar-refractivity contribution in [3.63, 3.8) is 0 Å². The van der Waals surface area contributed by atoms with Crippen LogP contribution in [-0.2, 0) is 0 Å². The van der Waals surface area contributed by atoms with E-state index in [2.05, 4.69) is 43.5 Å². The molecular weight excluding hydrogens is 368 g/mol. The van der Waals surface area contributed by atoms with Gasteiger partial charge in [-0.15, -0.1) is 0 Å². The molecule has 2 N–H and O–H groups in total. The molecule has 164 valence electrons. The van der Waals surface area contributed by atoms with E-state index < -0.39 is 0 Å². The molecule has 0 radical (unpaired) electrons. The molecule has 0 aliphatic rings. The molecule has 2 aromatic rings. The highest BCUT2D eigenvalue weighted by atomic mass is 16.1. The maximum absolute atomic E-state index is 12.7. The van der Waals surface area contributed by atoms with Crippen LogP contribution in [0.25, 0.3) is 0 Å². The highest BCUT2D eigenvalue weighted by molar-refractivity contribution is 6.00. The highest BCUT2D eigenvalue weighted by Gasteiger charge is 2.11. The molecule has 0 atom stereocenters. The molecule has 0 bridgehead atoms. The second-order valence-corrected chi connectivity index (χ2v) is 8.36. The molecule has 3 heteroatoms. The summed E-state index contributed by atoms with van der Waals surface area (Å²) in [5, 5.41) is 6.54. The van der Waals surface area contributed by atoms with Crippen LogP contribution in [0.5, 0.6) is 0 Å². The third-order valence-corrected chi connectivity index (χ3v) is 5.86. The SMILES string of the molecule is CCCCCCCCCCCCNC(=O)c1ccccc1Nc1cccc(C)c1C. The van der Waals surface area contributed by atoms with Gasteiger partial charge in [-0.05, 0) is 49.6 Å². The van der Waals surface area contributed by atoms with Crippen LogP contribution in [0.15, 0.2) is 42.5 Å². The number of nitrogens with one attached hydrogen (secondary N) is 2. The number of hydrogen-bond acceptors (Lipinski definition) is 2. The summed E-state index contributed by atoms with van der Waals surface area (Å²) in [5.74, 6) is -0.000620. The molecule has 0 aromatic heterocycles. The Bertz CT molecular complexity index is 769. The molecule has 0 saturated heterocycles. The van der Waals surface area contributed by atoms with Gasteiger partial charge in [-0.2, -0.15) is 0 Å². The Hall–Kier alpha value is -2.29. The molecule has 1 amide bonds. The zero-order valence-electron chi connectivity index (χ0n) is 19.2. The maximum atomic E-state index is 12.7. The molecule has 0 heterocycles. The van der Waals surface area contributed by atoms with E-state index in [0.29, 0.717) is 5.56 Å². The fourth-order valence-corrected chi connectivity index (χ4v) is 3.73. The summed E-state index contributed by atoms with van der Waals surface area (Å²) in [6, 6.07) is 13.9. The number of para-hydroxylation sites is 1. The van der Waals surface area contributed by atoms with Crippen molar-refractivity contribution in [3.8, 4) is 0 Å². The molecule has 0 fully saturated rings. The number of rotatable bonds is 14. The van der Waals surface area contributed by atoms with E-state index in [9.17, 15) is 4.79 Å². The van der Waals surface area contributed by atoms with E-state index in [0.717, 1.165) is 24.3 Å². The second-order valence-electron chi connectivity index (χ2n) is 8.36. The first kappa shape index (κ1) is 24.0. The number of hydrogen-bond donors (Lipinski definition) is 2. The van der Waals surface area contributed by atoms with Crippen LogP contribution in [0.2, 0.25) is 0 Å². The van der Waals surface area contributed by atoms with E-state index in [1.807, 2.05) is 30.3 Å². The smallest absolute Gasteiger partial charge is 0.253 e. The number of anilines is 2. The lowest BCUT2D eigenvalue weighted by atomic mass is 10.1. The van der Waals surface area contributed by atoms with Gasteiger partial charge in [0.1, 0.15) is 0 Å². The topological polar surface area (TPSA) is 41.1 Å². The van der Waals surface area contributed by atoms with Gasteiger partial charge in [0.25, 0.3) is 5.91 Å². The predicted octanol–water partition coefficient (Wildman–Crippen LogP) is 7.70. The minimum absolute atomic E-state index is 0.000620. The van der Waals surface area contributed by atoms with Crippen molar-refractivity contribution in [1.82, 2.24) is 5.32 Å². The third kappa shape index (κ3) is 8.22. The Balaban J connectivity index is 1.71. The fourth-order valence-electron chi connectivity index (χ4n) is 3.73. The lowest BCUT2D eigenvalue weighted by molar-refractivity contribution is 0.0953. The van der Waals surface area contributed by atoms with Gasteiger partial charge in [-0.1, -0.05) is 89.0 Å². The molecule has 0 spiro atoms. The van der Waals surface area contributed by atoms with Gasteiger partial charge < -0.3 is 10.6 Å². The Kier molecular flexibility index (Phi) is 11.1. The molecule has 2 aromatic carbocycles. The Morgan fingerprint density at radius 1 is 0.733 bits per heavy atom. The molecule has 30 heavy (non-hydrogen) atoms. The molecule has 0 aliphatic heterocycles. The molecule has 2 rings (SSSR count). The minimum atomic E-state index is -0.000620. The van der Waals surface area contributed by atoms with E-state index in [1.54, 1.807) is 0 Å². The van der Waals surface area contributed by atoms with Crippen LogP contribution >= 0.6 is 0 Å². The molecule has 3 nitrogen and oxygen atoms in total. The zero-order chi connectivity index (χ0) is 21.6. The van der Waals surface area contributed by atoms with Crippen LogP contribution in [0.4, 0.5) is 11.4 Å². The van der Waals surface area contributed by atoms with Crippen molar-refractivity contribution >= 4 is 17.3 Å². The quantitative estimate of drug-likeness (QED) is 0.314. The number of amides is 1. The van der Waals surface area contributed by atoms with Crippen molar-refractivity contribution < 1.29 is 4.79 Å². The van der Waals surface area contributed by atoms with E-state index in [4.69, 9.17) is 0 Å². The van der Waals surface area contributed by atoms with Crippen LogP contribution in [-0.4, -0.2) is 12.5 Å². The third-order valence-electron chi connectivity index (χ3n) is 5.86. The number of unbranched alkanes of at least 4 members (excludes halogenated alkanes) is 9. The summed E-state index contributed by atoms with van der Waals surface area (Å²) in [4.78, 5) is 12.7. The number of carbonyl (C=O) groups excluding carboxylic acids is 1. The van der Waals surface area contributed by atoms with Crippen LogP contribution in [0.1, 0.15) is 92.6 Å². The Morgan fingerprint density at radius 2 is 1.33 bits per heavy atom. The standard InChI is InChI=1S/C27H40N2O/c1-4-5-6-7-8-9-10-11-12-15-21-28-27(30)24-18-13-14-19-26(24)29-25-20-16-17-22(2)23(25)3/h13-14,16-20,29H,4-12,15,21H2,1-3H3,(H,28,30). The minimum Gasteiger partial charge on any atom is -0.355 e. The summed E-state index contributed by atoms with van der Waals surface area (Å²) in [5.41, 5.74) is 5.04. The Morgan fingerprint density at radius 3 is 2.03 bits per heavy atom. The van der Waals surface area contributed by atoms with E-state index >= 15 is 0 Å². The monoisotopic (exact) mass is 408 g/mol. The van der Waals surface area contributed by atoms with Crippen LogP contribution < -0.4 is 10.6 Å². The van der Waals surface area contributed by atoms with Gasteiger partial charge in [0, 0.05) is 12.2 Å². The first-order valence-corrected chi connectivity index (χ1v) is 11.8. The van der Waals surface area contributed by atoms with E-state index in [-0.39, 0.29) is 5.91 Å². The Labute approximate surface area is 183 Å². The maximum Gasteiger partial charge on any atom is 0.253 e. The van der Waals surface area contributed by atoms with Gasteiger partial charge in [0.2, 0.25) is 0 Å². The largest absolute Gasteiger partial charge is 0.355 e. The highest BCUT2D eigenvalue weighted by Crippen LogP contribution is 2.25. The summed E-state index contributed by atoms with van der Waals surface area (Å²) in [7, 11) is 0. The average Bonchev–Trinajstić information content (AvgIpc) is 2.75. The number of carbonyl (C=O) groups is 1. The lowest BCUT2D eigenvalue weighted by Gasteiger charge is -2.15. The lowest BCUT2D eigenvalue weighted by Crippen LogP contribution is -2.25. The second kappa shape index (κ2) is 13.8. The van der Waals surface area contributed by atoms with Gasteiger partial charge in [-0.25, -0.2) is 0 Å². The van der Waals surface area contributed by atoms with Crippen LogP contribution in [0, 0.1) is 13.8 Å². The van der Waals surface area contributed by atoms with Crippen molar-refractivity contribution in [3.05, 3.63) is 59.2 Å². The average molecular weight is 409 g/mol. The van der Waals surface area contributed by atoms with Crippen molar-refractivity contribution in [2.24, 2.45) is 0 Å². The molecule has 0 saturated carbocycles. The van der Waals surface area contributed by atoms with E-state index in [1.165, 1.54) is 68.9 Å². The number of aryl methyl sites for hydroxylation is 1. The van der Waals surface area contributed by atoms with Crippen LogP contribution in [0.3, 0.4) is 0 Å². The zero-order valence-corrected chi connectivity index (χ0v) is 19.2. The van der Waals surface area contributed by atoms with Gasteiger partial charge >= 0.3 is 0 Å². The predicted molar refractivity (Wildman–Crippen MR) is 130 cm³/mol. The van der Waals surface area contributed by atoms with Crippen molar-refractivity contribution in [1.29, 1.82) is 0 Å². The normalized spacial score (nSPS) is 10.8. The summed E-state index contributed by atoms with van der Waals surface area (Å²) >= 11 is 0. The van der Waals surface area contributed by atoms with Gasteiger partial charge in [0.05, 0.1) is 11.3 Å². The first-order chi connectivity index (χ1) is 14.6. The fraction of sp³-hybridized carbons (Fsp3) is 0.519. The number of benzene rings is 2.